The highest BCUT2D eigenvalue weighted by atomic mass is 35.5. The maximum atomic E-state index is 13.6. The second-order valence-electron chi connectivity index (χ2n) is 9.07. The summed E-state index contributed by atoms with van der Waals surface area (Å²) in [4.78, 5) is 15.5. The van der Waals surface area contributed by atoms with Gasteiger partial charge in [-0.2, -0.15) is 5.10 Å². The number of amides is 1. The largest absolute Gasteiger partial charge is 0.507 e. The lowest BCUT2D eigenvalue weighted by molar-refractivity contribution is 0.0730. The van der Waals surface area contributed by atoms with Gasteiger partial charge in [0, 0.05) is 22.7 Å². The third-order valence-electron chi connectivity index (χ3n) is 6.55. The Morgan fingerprint density at radius 1 is 1.11 bits per heavy atom. The van der Waals surface area contributed by atoms with Crippen LogP contribution in [0.25, 0.3) is 11.3 Å². The van der Waals surface area contributed by atoms with E-state index < -0.39 is 6.04 Å². The molecule has 1 amide bonds. The van der Waals surface area contributed by atoms with Crippen molar-refractivity contribution in [1.82, 2.24) is 15.1 Å². The number of phenols is 1. The normalized spacial score (nSPS) is 14.8. The number of phenolic OH excluding ortho intramolecular Hbond substituents is 1. The molecule has 0 radical (unpaired) electrons. The van der Waals surface area contributed by atoms with Crippen LogP contribution in [0.5, 0.6) is 11.5 Å². The zero-order valence-electron chi connectivity index (χ0n) is 20.3. The van der Waals surface area contributed by atoms with Crippen molar-refractivity contribution in [3.05, 3.63) is 99.7 Å². The molecule has 1 atom stereocenters. The van der Waals surface area contributed by atoms with E-state index in [9.17, 15) is 9.90 Å². The molecule has 184 valence electrons. The van der Waals surface area contributed by atoms with Crippen molar-refractivity contribution in [2.24, 2.45) is 0 Å². The second kappa shape index (κ2) is 10.1. The lowest BCUT2D eigenvalue weighted by atomic mass is 9.95. The van der Waals surface area contributed by atoms with Crippen LogP contribution >= 0.6 is 11.6 Å². The third kappa shape index (κ3) is 4.44. The van der Waals surface area contributed by atoms with E-state index in [4.69, 9.17) is 16.3 Å². The van der Waals surface area contributed by atoms with Crippen LogP contribution in [0.2, 0.25) is 5.02 Å². The summed E-state index contributed by atoms with van der Waals surface area (Å²) in [5.74, 6) is 0.721. The number of aromatic hydroxyl groups is 1. The van der Waals surface area contributed by atoms with Crippen molar-refractivity contribution in [2.45, 2.75) is 39.3 Å². The number of aromatic amines is 1. The van der Waals surface area contributed by atoms with Gasteiger partial charge in [-0.3, -0.25) is 9.89 Å². The van der Waals surface area contributed by atoms with Crippen LogP contribution in [-0.4, -0.2) is 32.7 Å². The fourth-order valence-electron chi connectivity index (χ4n) is 4.63. The molecule has 4 aromatic rings. The van der Waals surface area contributed by atoms with Crippen molar-refractivity contribution in [3.63, 3.8) is 0 Å². The molecule has 1 aliphatic heterocycles. The average Bonchev–Trinajstić information content (AvgIpc) is 3.42. The average molecular weight is 502 g/mol. The minimum Gasteiger partial charge on any atom is -0.507 e. The molecule has 7 heteroatoms. The molecule has 0 saturated heterocycles. The zero-order valence-corrected chi connectivity index (χ0v) is 21.0. The van der Waals surface area contributed by atoms with E-state index in [1.54, 1.807) is 12.1 Å². The standard InChI is InChI=1S/C29H28ClN3O3/c1-3-4-14-36-21-12-10-20(11-13-21)28-25-26(22-16-23(30)18(2)15-24(22)34)31-32-27(25)29(35)33(28)17-19-8-6-5-7-9-19/h5-13,15-16,28,34H,3-4,14,17H2,1-2H3,(H,31,32). The number of ether oxygens (including phenoxy) is 1. The Bertz CT molecular complexity index is 1380. The minimum atomic E-state index is -0.398. The van der Waals surface area contributed by atoms with E-state index in [2.05, 4.69) is 17.1 Å². The lowest BCUT2D eigenvalue weighted by Gasteiger charge is -2.27. The first kappa shape index (κ1) is 23.9. The van der Waals surface area contributed by atoms with Gasteiger partial charge in [-0.15, -0.1) is 0 Å². The maximum Gasteiger partial charge on any atom is 0.273 e. The monoisotopic (exact) mass is 501 g/mol. The molecule has 36 heavy (non-hydrogen) atoms. The van der Waals surface area contributed by atoms with Crippen LogP contribution in [0.4, 0.5) is 0 Å². The van der Waals surface area contributed by atoms with E-state index in [0.717, 1.165) is 40.8 Å². The molecule has 6 nitrogen and oxygen atoms in total. The van der Waals surface area contributed by atoms with Crippen LogP contribution in [0, 0.1) is 6.92 Å². The number of benzene rings is 3. The third-order valence-corrected chi connectivity index (χ3v) is 6.96. The van der Waals surface area contributed by atoms with Gasteiger partial charge >= 0.3 is 0 Å². The Labute approximate surface area is 215 Å². The van der Waals surface area contributed by atoms with Crippen LogP contribution in [0.3, 0.4) is 0 Å². The number of carbonyl (C=O) groups excluding carboxylic acids is 1. The van der Waals surface area contributed by atoms with Gasteiger partial charge in [0.05, 0.1) is 12.6 Å². The molecule has 0 fully saturated rings. The number of unbranched alkanes of at least 4 members (excludes halogenated alkanes) is 1. The summed E-state index contributed by atoms with van der Waals surface area (Å²) < 4.78 is 5.85. The zero-order chi connectivity index (χ0) is 25.2. The quantitative estimate of drug-likeness (QED) is 0.264. The number of carbonyl (C=O) groups is 1. The van der Waals surface area contributed by atoms with Gasteiger partial charge in [-0.05, 0) is 54.3 Å². The number of fused-ring (bicyclic) bond motifs is 1. The summed E-state index contributed by atoms with van der Waals surface area (Å²) in [6.45, 7) is 5.06. The number of hydrogen-bond acceptors (Lipinski definition) is 4. The summed E-state index contributed by atoms with van der Waals surface area (Å²) in [5.41, 5.74) is 4.87. The summed E-state index contributed by atoms with van der Waals surface area (Å²) in [6.07, 6.45) is 2.06. The minimum absolute atomic E-state index is 0.0681. The van der Waals surface area contributed by atoms with E-state index in [0.29, 0.717) is 35.1 Å². The maximum absolute atomic E-state index is 13.6. The fraction of sp³-hybridized carbons (Fsp3) is 0.241. The van der Waals surface area contributed by atoms with Crippen molar-refractivity contribution in [1.29, 1.82) is 0 Å². The smallest absolute Gasteiger partial charge is 0.273 e. The number of H-pyrrole nitrogens is 1. The van der Waals surface area contributed by atoms with Crippen molar-refractivity contribution < 1.29 is 14.6 Å². The van der Waals surface area contributed by atoms with Gasteiger partial charge in [0.25, 0.3) is 5.91 Å². The first-order chi connectivity index (χ1) is 17.5. The number of rotatable bonds is 8. The second-order valence-corrected chi connectivity index (χ2v) is 9.48. The Kier molecular flexibility index (Phi) is 6.70. The molecule has 0 saturated carbocycles. The van der Waals surface area contributed by atoms with Crippen LogP contribution in [0.1, 0.15) is 58.5 Å². The molecule has 2 N–H and O–H groups in total. The molecular weight excluding hydrogens is 474 g/mol. The number of aromatic nitrogens is 2. The van der Waals surface area contributed by atoms with Crippen LogP contribution < -0.4 is 4.74 Å². The predicted molar refractivity (Wildman–Crippen MR) is 140 cm³/mol. The number of nitrogens with one attached hydrogen (secondary N) is 1. The van der Waals surface area contributed by atoms with Gasteiger partial charge < -0.3 is 14.7 Å². The highest BCUT2D eigenvalue weighted by Gasteiger charge is 2.42. The molecule has 1 aliphatic rings. The fourth-order valence-corrected chi connectivity index (χ4v) is 4.79. The van der Waals surface area contributed by atoms with Gasteiger partial charge in [0.2, 0.25) is 0 Å². The summed E-state index contributed by atoms with van der Waals surface area (Å²) in [7, 11) is 0. The molecule has 0 bridgehead atoms. The number of hydrogen-bond donors (Lipinski definition) is 2. The molecular formula is C29H28ClN3O3. The molecule has 5 rings (SSSR count). The van der Waals surface area contributed by atoms with Crippen LogP contribution in [0.15, 0.2) is 66.7 Å². The van der Waals surface area contributed by atoms with E-state index in [-0.39, 0.29) is 11.7 Å². The molecule has 3 aromatic carbocycles. The van der Waals surface area contributed by atoms with Gasteiger partial charge in [0.1, 0.15) is 22.9 Å². The summed E-state index contributed by atoms with van der Waals surface area (Å²) >= 11 is 6.40. The van der Waals surface area contributed by atoms with Gasteiger partial charge in [-0.1, -0.05) is 67.4 Å². The summed E-state index contributed by atoms with van der Waals surface area (Å²) in [5, 5.41) is 18.7. The molecule has 2 heterocycles. The lowest BCUT2D eigenvalue weighted by Crippen LogP contribution is -2.29. The Hall–Kier alpha value is -3.77. The van der Waals surface area contributed by atoms with Crippen LogP contribution in [-0.2, 0) is 6.54 Å². The SMILES string of the molecule is CCCCOc1ccc(C2c3c(-c4cc(Cl)c(C)cc4O)n[nH]c3C(=O)N2Cc2ccccc2)cc1. The van der Waals surface area contributed by atoms with Crippen molar-refractivity contribution >= 4 is 17.5 Å². The summed E-state index contributed by atoms with van der Waals surface area (Å²) in [6, 6.07) is 20.7. The number of aryl methyl sites for hydroxylation is 1. The highest BCUT2D eigenvalue weighted by Crippen LogP contribution is 2.46. The van der Waals surface area contributed by atoms with Gasteiger partial charge in [-0.25, -0.2) is 0 Å². The predicted octanol–water partition coefficient (Wildman–Crippen LogP) is 6.67. The Morgan fingerprint density at radius 2 is 1.86 bits per heavy atom. The molecule has 1 aromatic heterocycles. The van der Waals surface area contributed by atoms with E-state index in [1.165, 1.54) is 0 Å². The molecule has 0 spiro atoms. The molecule has 0 aliphatic carbocycles. The van der Waals surface area contributed by atoms with Crippen molar-refractivity contribution in [3.8, 4) is 22.8 Å². The Morgan fingerprint density at radius 3 is 2.58 bits per heavy atom. The first-order valence-electron chi connectivity index (χ1n) is 12.1. The Balaban J connectivity index is 1.59. The van der Waals surface area contributed by atoms with E-state index in [1.807, 2.05) is 66.4 Å². The van der Waals surface area contributed by atoms with Crippen molar-refractivity contribution in [2.75, 3.05) is 6.61 Å². The molecule has 1 unspecified atom stereocenters. The topological polar surface area (TPSA) is 78.5 Å². The van der Waals surface area contributed by atoms with E-state index >= 15 is 0 Å². The number of halogens is 1. The van der Waals surface area contributed by atoms with Gasteiger partial charge in [0.15, 0.2) is 0 Å². The first-order valence-corrected chi connectivity index (χ1v) is 12.5. The number of nitrogens with zero attached hydrogens (tertiary/aromatic N) is 2. The highest BCUT2D eigenvalue weighted by molar-refractivity contribution is 6.31.